The number of nitrogens with one attached hydrogen (secondary N) is 1. The van der Waals surface area contributed by atoms with E-state index in [1.54, 1.807) is 7.11 Å². The van der Waals surface area contributed by atoms with E-state index in [-0.39, 0.29) is 6.10 Å². The van der Waals surface area contributed by atoms with Gasteiger partial charge in [0.15, 0.2) is 0 Å². The van der Waals surface area contributed by atoms with Gasteiger partial charge in [-0.1, -0.05) is 13.8 Å². The first-order chi connectivity index (χ1) is 8.71. The maximum absolute atomic E-state index is 5.56. The van der Waals surface area contributed by atoms with Gasteiger partial charge < -0.3 is 10.1 Å². The van der Waals surface area contributed by atoms with Gasteiger partial charge in [0.05, 0.1) is 6.10 Å². The van der Waals surface area contributed by atoms with Crippen LogP contribution in [0.25, 0.3) is 0 Å². The Morgan fingerprint density at radius 1 is 1.39 bits per heavy atom. The van der Waals surface area contributed by atoms with Crippen molar-refractivity contribution in [1.29, 1.82) is 0 Å². The molecular weight excluding hydrogens is 292 g/mol. The smallest absolute Gasteiger partial charge is 0.0725 e. The predicted molar refractivity (Wildman–Crippen MR) is 78.8 cm³/mol. The maximum Gasteiger partial charge on any atom is 0.0725 e. The highest BCUT2D eigenvalue weighted by Crippen LogP contribution is 2.12. The summed E-state index contributed by atoms with van der Waals surface area (Å²) in [6, 6.07) is 4.42. The number of halogens is 1. The second-order valence-electron chi connectivity index (χ2n) is 4.41. The van der Waals surface area contributed by atoms with Gasteiger partial charge in [-0.25, -0.2) is 0 Å². The highest BCUT2D eigenvalue weighted by Gasteiger charge is 2.19. The van der Waals surface area contributed by atoms with Crippen molar-refractivity contribution in [2.45, 2.75) is 45.3 Å². The van der Waals surface area contributed by atoms with Gasteiger partial charge in [-0.3, -0.25) is 4.98 Å². The van der Waals surface area contributed by atoms with Gasteiger partial charge in [0.1, 0.15) is 0 Å². The van der Waals surface area contributed by atoms with Gasteiger partial charge in [0.2, 0.25) is 0 Å². The lowest BCUT2D eigenvalue weighted by molar-refractivity contribution is 0.0650. The number of methoxy groups -OCH3 is 1. The predicted octanol–water partition coefficient (Wildman–Crippen LogP) is 3.18. The molecule has 0 aliphatic carbocycles. The van der Waals surface area contributed by atoms with Crippen LogP contribution in [0, 0.1) is 0 Å². The minimum absolute atomic E-state index is 0.238. The van der Waals surface area contributed by atoms with E-state index in [0.717, 1.165) is 36.0 Å². The van der Waals surface area contributed by atoms with Crippen LogP contribution in [0.5, 0.6) is 0 Å². The van der Waals surface area contributed by atoms with Crippen LogP contribution in [0.4, 0.5) is 0 Å². The Labute approximate surface area is 118 Å². The fourth-order valence-electron chi connectivity index (χ4n) is 2.03. The molecule has 0 bridgehead atoms. The molecule has 3 nitrogen and oxygen atoms in total. The lowest BCUT2D eigenvalue weighted by Gasteiger charge is -2.26. The molecule has 0 aromatic carbocycles. The van der Waals surface area contributed by atoms with E-state index in [4.69, 9.17) is 4.74 Å². The van der Waals surface area contributed by atoms with Crippen molar-refractivity contribution in [1.82, 2.24) is 10.3 Å². The van der Waals surface area contributed by atoms with Crippen molar-refractivity contribution in [2.75, 3.05) is 13.7 Å². The van der Waals surface area contributed by atoms with E-state index in [2.05, 4.69) is 46.1 Å². The topological polar surface area (TPSA) is 34.2 Å². The van der Waals surface area contributed by atoms with Gasteiger partial charge >= 0.3 is 0 Å². The normalized spacial score (nSPS) is 14.4. The van der Waals surface area contributed by atoms with Crippen LogP contribution in [0.2, 0.25) is 0 Å². The SMILES string of the molecule is CCCNC(Cc1ccc(Br)cn1)C(CC)OC. The van der Waals surface area contributed by atoms with Crippen LogP contribution >= 0.6 is 15.9 Å². The van der Waals surface area contributed by atoms with Gasteiger partial charge in [0.25, 0.3) is 0 Å². The molecule has 0 saturated carbocycles. The second kappa shape index (κ2) is 8.62. The van der Waals surface area contributed by atoms with Crippen molar-refractivity contribution in [2.24, 2.45) is 0 Å². The molecule has 1 aromatic rings. The van der Waals surface area contributed by atoms with Crippen LogP contribution in [-0.4, -0.2) is 30.8 Å². The summed E-state index contributed by atoms with van der Waals surface area (Å²) in [6.07, 6.45) is 5.13. The fraction of sp³-hybridized carbons (Fsp3) is 0.643. The highest BCUT2D eigenvalue weighted by molar-refractivity contribution is 9.10. The summed E-state index contributed by atoms with van der Waals surface area (Å²) in [5.74, 6) is 0. The second-order valence-corrected chi connectivity index (χ2v) is 5.33. The molecule has 2 atom stereocenters. The molecule has 0 spiro atoms. The molecule has 4 heteroatoms. The molecule has 0 fully saturated rings. The quantitative estimate of drug-likeness (QED) is 0.800. The fourth-order valence-corrected chi connectivity index (χ4v) is 2.27. The highest BCUT2D eigenvalue weighted by atomic mass is 79.9. The van der Waals surface area contributed by atoms with E-state index >= 15 is 0 Å². The van der Waals surface area contributed by atoms with Gasteiger partial charge in [-0.15, -0.1) is 0 Å². The monoisotopic (exact) mass is 314 g/mol. The van der Waals surface area contributed by atoms with Crippen LogP contribution in [0.1, 0.15) is 32.4 Å². The molecule has 102 valence electrons. The number of rotatable bonds is 8. The molecule has 1 heterocycles. The molecule has 0 radical (unpaired) electrons. The van der Waals surface area contributed by atoms with Crippen LogP contribution in [-0.2, 0) is 11.2 Å². The Bertz CT molecular complexity index is 325. The molecule has 0 amide bonds. The Morgan fingerprint density at radius 2 is 2.17 bits per heavy atom. The third-order valence-corrected chi connectivity index (χ3v) is 3.50. The molecule has 1 rings (SSSR count). The van der Waals surface area contributed by atoms with E-state index in [1.165, 1.54) is 0 Å². The first kappa shape index (κ1) is 15.6. The summed E-state index contributed by atoms with van der Waals surface area (Å²) in [6.45, 7) is 5.35. The maximum atomic E-state index is 5.56. The lowest BCUT2D eigenvalue weighted by Crippen LogP contribution is -2.42. The third kappa shape index (κ3) is 5.04. The number of pyridine rings is 1. The van der Waals surface area contributed by atoms with E-state index < -0.39 is 0 Å². The Balaban J connectivity index is 2.67. The van der Waals surface area contributed by atoms with Gasteiger partial charge in [-0.05, 0) is 47.4 Å². The third-order valence-electron chi connectivity index (χ3n) is 3.03. The Kier molecular flexibility index (Phi) is 7.47. The summed E-state index contributed by atoms with van der Waals surface area (Å²) in [7, 11) is 1.78. The first-order valence-electron chi connectivity index (χ1n) is 6.57. The molecule has 0 aliphatic heterocycles. The van der Waals surface area contributed by atoms with Crippen molar-refractivity contribution >= 4 is 15.9 Å². The first-order valence-corrected chi connectivity index (χ1v) is 7.37. The summed E-state index contributed by atoms with van der Waals surface area (Å²) in [5.41, 5.74) is 1.10. The van der Waals surface area contributed by atoms with Crippen LogP contribution < -0.4 is 5.32 Å². The lowest BCUT2D eigenvalue weighted by atomic mass is 10.0. The zero-order valence-electron chi connectivity index (χ0n) is 11.4. The summed E-state index contributed by atoms with van der Waals surface area (Å²) in [5, 5.41) is 3.56. The van der Waals surface area contributed by atoms with E-state index in [0.29, 0.717) is 6.04 Å². The average Bonchev–Trinajstić information content (AvgIpc) is 2.39. The van der Waals surface area contributed by atoms with Crippen molar-refractivity contribution in [3.05, 3.63) is 28.5 Å². The molecule has 2 unspecified atom stereocenters. The van der Waals surface area contributed by atoms with E-state index in [1.807, 2.05) is 12.3 Å². The van der Waals surface area contributed by atoms with Crippen molar-refractivity contribution in [3.63, 3.8) is 0 Å². The average molecular weight is 315 g/mol. The van der Waals surface area contributed by atoms with E-state index in [9.17, 15) is 0 Å². The molecular formula is C14H23BrN2O. The zero-order valence-corrected chi connectivity index (χ0v) is 13.0. The number of aromatic nitrogens is 1. The van der Waals surface area contributed by atoms with Crippen LogP contribution in [0.15, 0.2) is 22.8 Å². The minimum atomic E-state index is 0.238. The van der Waals surface area contributed by atoms with Gasteiger partial charge in [0, 0.05) is 35.9 Å². The number of nitrogens with zero attached hydrogens (tertiary/aromatic N) is 1. The van der Waals surface area contributed by atoms with Gasteiger partial charge in [-0.2, -0.15) is 0 Å². The minimum Gasteiger partial charge on any atom is -0.380 e. The molecule has 0 saturated heterocycles. The van der Waals surface area contributed by atoms with Crippen LogP contribution in [0.3, 0.4) is 0 Å². The standard InChI is InChI=1S/C14H23BrN2O/c1-4-8-16-13(14(5-2)18-3)9-12-7-6-11(15)10-17-12/h6-7,10,13-14,16H,4-5,8-9H2,1-3H3. The van der Waals surface area contributed by atoms with Crippen molar-refractivity contribution in [3.8, 4) is 0 Å². The number of ether oxygens (including phenoxy) is 1. The number of hydrogen-bond acceptors (Lipinski definition) is 3. The Hall–Kier alpha value is -0.450. The summed E-state index contributed by atoms with van der Waals surface area (Å²) >= 11 is 3.41. The molecule has 18 heavy (non-hydrogen) atoms. The largest absolute Gasteiger partial charge is 0.380 e. The zero-order chi connectivity index (χ0) is 13.4. The van der Waals surface area contributed by atoms with Crippen molar-refractivity contribution < 1.29 is 4.74 Å². The molecule has 1 N–H and O–H groups in total. The molecule has 1 aromatic heterocycles. The number of hydrogen-bond donors (Lipinski definition) is 1. The molecule has 0 aliphatic rings. The summed E-state index contributed by atoms with van der Waals surface area (Å²) < 4.78 is 6.57. The Morgan fingerprint density at radius 3 is 2.67 bits per heavy atom. The summed E-state index contributed by atoms with van der Waals surface area (Å²) in [4.78, 5) is 4.43.